The molecule has 2 N–H and O–H groups in total. The first kappa shape index (κ1) is 16.4. The Balaban J connectivity index is 1.90. The second kappa shape index (κ2) is 7.85. The third kappa shape index (κ3) is 5.08. The van der Waals surface area contributed by atoms with Crippen LogP contribution in [0.5, 0.6) is 0 Å². The molecule has 22 heavy (non-hydrogen) atoms. The first-order chi connectivity index (χ1) is 10.6. The molecule has 0 heterocycles. The Morgan fingerprint density at radius 3 is 2.23 bits per heavy atom. The summed E-state index contributed by atoms with van der Waals surface area (Å²) < 4.78 is 0. The van der Waals surface area contributed by atoms with Gasteiger partial charge in [0.15, 0.2) is 0 Å². The number of anilines is 2. The van der Waals surface area contributed by atoms with Crippen molar-refractivity contribution in [2.75, 3.05) is 10.6 Å². The summed E-state index contributed by atoms with van der Waals surface area (Å²) in [6, 6.07) is 15.5. The zero-order valence-electron chi connectivity index (χ0n) is 12.9. The van der Waals surface area contributed by atoms with Gasteiger partial charge in [0.2, 0.25) is 5.91 Å². The lowest BCUT2D eigenvalue weighted by atomic mass is 10.1. The van der Waals surface area contributed by atoms with Crippen LogP contribution < -0.4 is 10.6 Å². The van der Waals surface area contributed by atoms with Crippen LogP contribution in [0.1, 0.15) is 25.8 Å². The fraction of sp³-hybridized carbons (Fsp3) is 0.278. The SMILES string of the molecule is CCC(C)Nc1ccc(NC(=O)Cc2ccc(Cl)cc2)cc1. The summed E-state index contributed by atoms with van der Waals surface area (Å²) in [6.07, 6.45) is 1.41. The summed E-state index contributed by atoms with van der Waals surface area (Å²) in [6.45, 7) is 4.28. The monoisotopic (exact) mass is 316 g/mol. The van der Waals surface area contributed by atoms with Gasteiger partial charge in [0.05, 0.1) is 6.42 Å². The Morgan fingerprint density at radius 2 is 1.64 bits per heavy atom. The minimum atomic E-state index is -0.0371. The van der Waals surface area contributed by atoms with Crippen LogP contribution in [-0.4, -0.2) is 11.9 Å². The van der Waals surface area contributed by atoms with Crippen molar-refractivity contribution in [1.82, 2.24) is 0 Å². The summed E-state index contributed by atoms with van der Waals surface area (Å²) >= 11 is 5.83. The maximum atomic E-state index is 12.0. The molecule has 116 valence electrons. The lowest BCUT2D eigenvalue weighted by Crippen LogP contribution is -2.15. The number of hydrogen-bond acceptors (Lipinski definition) is 2. The topological polar surface area (TPSA) is 41.1 Å². The van der Waals surface area contributed by atoms with Crippen LogP contribution in [-0.2, 0) is 11.2 Å². The largest absolute Gasteiger partial charge is 0.383 e. The molecule has 2 rings (SSSR count). The van der Waals surface area contributed by atoms with Crippen LogP contribution in [0, 0.1) is 0 Å². The van der Waals surface area contributed by atoms with Crippen LogP contribution in [0.4, 0.5) is 11.4 Å². The highest BCUT2D eigenvalue weighted by atomic mass is 35.5. The van der Waals surface area contributed by atoms with Gasteiger partial charge < -0.3 is 10.6 Å². The molecule has 1 atom stereocenters. The first-order valence-corrected chi connectivity index (χ1v) is 7.85. The van der Waals surface area contributed by atoms with Gasteiger partial charge in [0.1, 0.15) is 0 Å². The number of amides is 1. The van der Waals surface area contributed by atoms with Gasteiger partial charge in [-0.25, -0.2) is 0 Å². The van der Waals surface area contributed by atoms with Crippen molar-refractivity contribution in [3.63, 3.8) is 0 Å². The number of hydrogen-bond donors (Lipinski definition) is 2. The van der Waals surface area contributed by atoms with Crippen molar-refractivity contribution in [3.05, 3.63) is 59.1 Å². The van der Waals surface area contributed by atoms with Gasteiger partial charge in [-0.2, -0.15) is 0 Å². The van der Waals surface area contributed by atoms with E-state index in [1.807, 2.05) is 36.4 Å². The molecule has 2 aromatic rings. The zero-order chi connectivity index (χ0) is 15.9. The van der Waals surface area contributed by atoms with E-state index in [1.54, 1.807) is 12.1 Å². The predicted molar refractivity (Wildman–Crippen MR) is 93.6 cm³/mol. The van der Waals surface area contributed by atoms with Crippen LogP contribution >= 0.6 is 11.6 Å². The van der Waals surface area contributed by atoms with E-state index in [0.717, 1.165) is 23.4 Å². The van der Waals surface area contributed by atoms with Crippen LogP contribution in [0.25, 0.3) is 0 Å². The smallest absolute Gasteiger partial charge is 0.228 e. The fourth-order valence-electron chi connectivity index (χ4n) is 2.03. The van der Waals surface area contributed by atoms with E-state index >= 15 is 0 Å². The Morgan fingerprint density at radius 1 is 1.05 bits per heavy atom. The number of carbonyl (C=O) groups excluding carboxylic acids is 1. The summed E-state index contributed by atoms with van der Waals surface area (Å²) in [4.78, 5) is 12.0. The third-order valence-corrected chi connectivity index (χ3v) is 3.72. The highest BCUT2D eigenvalue weighted by Crippen LogP contribution is 2.16. The second-order valence-corrected chi connectivity index (χ2v) is 5.82. The zero-order valence-corrected chi connectivity index (χ0v) is 13.7. The van der Waals surface area contributed by atoms with Gasteiger partial charge in [0, 0.05) is 22.4 Å². The minimum absolute atomic E-state index is 0.0371. The molecule has 0 aliphatic rings. The van der Waals surface area contributed by atoms with Crippen molar-refractivity contribution in [1.29, 1.82) is 0 Å². The molecular formula is C18H21ClN2O. The molecule has 4 heteroatoms. The molecule has 1 amide bonds. The fourth-order valence-corrected chi connectivity index (χ4v) is 2.16. The minimum Gasteiger partial charge on any atom is -0.383 e. The molecule has 0 aromatic heterocycles. The van der Waals surface area contributed by atoms with Gasteiger partial charge >= 0.3 is 0 Å². The Hall–Kier alpha value is -2.00. The highest BCUT2D eigenvalue weighted by molar-refractivity contribution is 6.30. The lowest BCUT2D eigenvalue weighted by molar-refractivity contribution is -0.115. The van der Waals surface area contributed by atoms with E-state index in [-0.39, 0.29) is 5.91 Å². The van der Waals surface area contributed by atoms with Gasteiger partial charge in [-0.15, -0.1) is 0 Å². The molecule has 0 aliphatic heterocycles. The Kier molecular flexibility index (Phi) is 5.84. The summed E-state index contributed by atoms with van der Waals surface area (Å²) in [5.41, 5.74) is 2.80. The molecule has 0 aliphatic carbocycles. The van der Waals surface area contributed by atoms with Crippen LogP contribution in [0.15, 0.2) is 48.5 Å². The Bertz CT molecular complexity index is 608. The van der Waals surface area contributed by atoms with Gasteiger partial charge in [-0.1, -0.05) is 30.7 Å². The average molecular weight is 317 g/mol. The lowest BCUT2D eigenvalue weighted by Gasteiger charge is -2.13. The van der Waals surface area contributed by atoms with Gasteiger partial charge in [-0.05, 0) is 55.3 Å². The molecule has 2 aromatic carbocycles. The van der Waals surface area contributed by atoms with Crippen molar-refractivity contribution >= 4 is 28.9 Å². The third-order valence-electron chi connectivity index (χ3n) is 3.47. The molecule has 0 saturated heterocycles. The van der Waals surface area contributed by atoms with Crippen molar-refractivity contribution < 1.29 is 4.79 Å². The number of halogens is 1. The van der Waals surface area contributed by atoms with Crippen molar-refractivity contribution in [3.8, 4) is 0 Å². The van der Waals surface area contributed by atoms with Gasteiger partial charge in [-0.3, -0.25) is 4.79 Å². The normalized spacial score (nSPS) is 11.8. The second-order valence-electron chi connectivity index (χ2n) is 5.38. The molecule has 3 nitrogen and oxygen atoms in total. The number of carbonyl (C=O) groups is 1. The predicted octanol–water partition coefficient (Wildman–Crippen LogP) is 4.73. The average Bonchev–Trinajstić information content (AvgIpc) is 2.51. The van der Waals surface area contributed by atoms with E-state index in [2.05, 4.69) is 24.5 Å². The van der Waals surface area contributed by atoms with Gasteiger partial charge in [0.25, 0.3) is 0 Å². The number of nitrogens with one attached hydrogen (secondary N) is 2. The quantitative estimate of drug-likeness (QED) is 0.808. The van der Waals surface area contributed by atoms with E-state index in [9.17, 15) is 4.79 Å². The standard InChI is InChI=1S/C18H21ClN2O/c1-3-13(2)20-16-8-10-17(11-9-16)21-18(22)12-14-4-6-15(19)7-5-14/h4-11,13,20H,3,12H2,1-2H3,(H,21,22). The summed E-state index contributed by atoms with van der Waals surface area (Å²) in [5, 5.41) is 6.97. The van der Waals surface area contributed by atoms with Crippen LogP contribution in [0.2, 0.25) is 5.02 Å². The highest BCUT2D eigenvalue weighted by Gasteiger charge is 2.05. The summed E-state index contributed by atoms with van der Waals surface area (Å²) in [5.74, 6) is -0.0371. The van der Waals surface area contributed by atoms with E-state index < -0.39 is 0 Å². The molecular weight excluding hydrogens is 296 g/mol. The maximum Gasteiger partial charge on any atom is 0.228 e. The maximum absolute atomic E-state index is 12.0. The van der Waals surface area contributed by atoms with Crippen molar-refractivity contribution in [2.24, 2.45) is 0 Å². The molecule has 0 spiro atoms. The van der Waals surface area contributed by atoms with Crippen LogP contribution in [0.3, 0.4) is 0 Å². The Labute approximate surface area is 136 Å². The molecule has 1 unspecified atom stereocenters. The number of benzene rings is 2. The molecule has 0 saturated carbocycles. The van der Waals surface area contributed by atoms with Crippen molar-refractivity contribution in [2.45, 2.75) is 32.7 Å². The molecule has 0 radical (unpaired) electrons. The molecule has 0 fully saturated rings. The van der Waals surface area contributed by atoms with E-state index in [4.69, 9.17) is 11.6 Å². The van der Waals surface area contributed by atoms with E-state index in [1.165, 1.54) is 0 Å². The summed E-state index contributed by atoms with van der Waals surface area (Å²) in [7, 11) is 0. The first-order valence-electron chi connectivity index (χ1n) is 7.47. The van der Waals surface area contributed by atoms with E-state index in [0.29, 0.717) is 17.5 Å². The molecule has 0 bridgehead atoms. The number of rotatable bonds is 6.